The fraction of sp³-hybridized carbons (Fsp3) is 0.435. The number of nitrogens with two attached hydrogens (primary N) is 2. The molecule has 0 fully saturated rings. The number of rotatable bonds is 10. The SMILES string of the molecule is Cc1c(CC(=O)NCCCC[C@H](NC(=O)[C@@H](C)N)C(=O)O)c(=O)oc2cc(N)ccc12.O=C(O)C(F)(F)F. The van der Waals surface area contributed by atoms with Gasteiger partial charge in [0.15, 0.2) is 0 Å². The molecule has 0 aliphatic carbocycles. The molecule has 0 unspecified atom stereocenters. The first-order valence-corrected chi connectivity index (χ1v) is 11.2. The maximum atomic E-state index is 12.3. The number of carboxylic acid groups (broad SMARTS) is 2. The van der Waals surface area contributed by atoms with E-state index >= 15 is 0 Å². The first kappa shape index (κ1) is 31.9. The monoisotopic (exact) mass is 546 g/mol. The number of halogens is 3. The number of aliphatic carboxylic acids is 2. The van der Waals surface area contributed by atoms with Gasteiger partial charge in [0, 0.05) is 23.7 Å². The van der Waals surface area contributed by atoms with Crippen molar-refractivity contribution in [1.82, 2.24) is 10.6 Å². The quantitative estimate of drug-likeness (QED) is 0.141. The molecule has 12 nitrogen and oxygen atoms in total. The number of alkyl halides is 3. The lowest BCUT2D eigenvalue weighted by Gasteiger charge is -2.16. The number of nitrogen functional groups attached to an aromatic ring is 1. The van der Waals surface area contributed by atoms with Gasteiger partial charge in [-0.1, -0.05) is 0 Å². The lowest BCUT2D eigenvalue weighted by Crippen LogP contribution is -2.47. The van der Waals surface area contributed by atoms with Crippen molar-refractivity contribution in [3.05, 3.63) is 39.7 Å². The smallest absolute Gasteiger partial charge is 0.480 e. The van der Waals surface area contributed by atoms with Gasteiger partial charge in [-0.2, -0.15) is 13.2 Å². The number of aryl methyl sites for hydroxylation is 1. The van der Waals surface area contributed by atoms with E-state index in [0.717, 1.165) is 0 Å². The van der Waals surface area contributed by atoms with E-state index in [9.17, 15) is 37.5 Å². The third kappa shape index (κ3) is 10.1. The molecule has 0 aliphatic heterocycles. The van der Waals surface area contributed by atoms with Crippen LogP contribution in [0.3, 0.4) is 0 Å². The highest BCUT2D eigenvalue weighted by molar-refractivity contribution is 5.87. The number of benzene rings is 1. The van der Waals surface area contributed by atoms with E-state index in [1.807, 2.05) is 0 Å². The Labute approximate surface area is 214 Å². The minimum Gasteiger partial charge on any atom is -0.480 e. The summed E-state index contributed by atoms with van der Waals surface area (Å²) in [6, 6.07) is 3.17. The molecule has 0 saturated carbocycles. The Morgan fingerprint density at radius 3 is 2.26 bits per heavy atom. The summed E-state index contributed by atoms with van der Waals surface area (Å²) in [5, 5.41) is 22.1. The van der Waals surface area contributed by atoms with Crippen LogP contribution >= 0.6 is 0 Å². The molecular formula is C23H29F3N4O8. The Bertz CT molecular complexity index is 1230. The number of anilines is 1. The second kappa shape index (κ2) is 14.0. The maximum Gasteiger partial charge on any atom is 0.490 e. The molecule has 0 radical (unpaired) electrons. The maximum absolute atomic E-state index is 12.3. The fourth-order valence-corrected chi connectivity index (χ4v) is 3.10. The van der Waals surface area contributed by atoms with Crippen molar-refractivity contribution in [2.45, 2.75) is 57.8 Å². The van der Waals surface area contributed by atoms with Crippen LogP contribution in [0.1, 0.15) is 37.3 Å². The number of amides is 2. The molecule has 15 heteroatoms. The second-order valence-corrected chi connectivity index (χ2v) is 8.26. The molecule has 1 heterocycles. The molecule has 2 rings (SSSR count). The van der Waals surface area contributed by atoms with E-state index < -0.39 is 41.7 Å². The predicted molar refractivity (Wildman–Crippen MR) is 129 cm³/mol. The Kier molecular flexibility index (Phi) is 11.7. The molecule has 2 atom stereocenters. The number of nitrogens with one attached hydrogen (secondary N) is 2. The van der Waals surface area contributed by atoms with Gasteiger partial charge < -0.3 is 36.7 Å². The number of carbonyl (C=O) groups is 4. The zero-order valence-corrected chi connectivity index (χ0v) is 20.6. The van der Waals surface area contributed by atoms with Crippen LogP contribution in [0.25, 0.3) is 11.0 Å². The van der Waals surface area contributed by atoms with Gasteiger partial charge in [0.05, 0.1) is 18.0 Å². The summed E-state index contributed by atoms with van der Waals surface area (Å²) in [6.07, 6.45) is -4.03. The Morgan fingerprint density at radius 1 is 1.13 bits per heavy atom. The number of carbonyl (C=O) groups excluding carboxylic acids is 2. The molecule has 0 saturated heterocycles. The van der Waals surface area contributed by atoms with Crippen molar-refractivity contribution in [3.8, 4) is 0 Å². The fourth-order valence-electron chi connectivity index (χ4n) is 3.10. The van der Waals surface area contributed by atoms with Gasteiger partial charge in [0.1, 0.15) is 11.6 Å². The van der Waals surface area contributed by atoms with Gasteiger partial charge in [0.25, 0.3) is 0 Å². The van der Waals surface area contributed by atoms with Gasteiger partial charge in [-0.05, 0) is 50.8 Å². The minimum atomic E-state index is -5.08. The normalized spacial score (nSPS) is 12.6. The van der Waals surface area contributed by atoms with Crippen LogP contribution in [0.4, 0.5) is 18.9 Å². The number of hydrogen-bond acceptors (Lipinski definition) is 8. The summed E-state index contributed by atoms with van der Waals surface area (Å²) >= 11 is 0. The third-order valence-corrected chi connectivity index (χ3v) is 5.16. The average Bonchev–Trinajstić information content (AvgIpc) is 2.80. The van der Waals surface area contributed by atoms with Gasteiger partial charge in [-0.25, -0.2) is 14.4 Å². The summed E-state index contributed by atoms with van der Waals surface area (Å²) in [5.74, 6) is -4.77. The Balaban J connectivity index is 0.000000905. The largest absolute Gasteiger partial charge is 0.490 e. The van der Waals surface area contributed by atoms with E-state index in [1.165, 1.54) is 6.92 Å². The van der Waals surface area contributed by atoms with Gasteiger partial charge in [0.2, 0.25) is 11.8 Å². The molecule has 1 aromatic heterocycles. The van der Waals surface area contributed by atoms with Gasteiger partial charge in [-0.3, -0.25) is 9.59 Å². The summed E-state index contributed by atoms with van der Waals surface area (Å²) in [6.45, 7) is 3.53. The molecule has 2 aromatic rings. The van der Waals surface area contributed by atoms with Crippen LogP contribution in [-0.4, -0.2) is 58.8 Å². The molecule has 2 amide bonds. The molecular weight excluding hydrogens is 517 g/mol. The number of hydrogen-bond donors (Lipinski definition) is 6. The lowest BCUT2D eigenvalue weighted by molar-refractivity contribution is -0.192. The minimum absolute atomic E-state index is 0.128. The molecule has 0 spiro atoms. The van der Waals surface area contributed by atoms with E-state index in [4.69, 9.17) is 25.8 Å². The Hall–Kier alpha value is -4.14. The molecule has 38 heavy (non-hydrogen) atoms. The topological polar surface area (TPSA) is 215 Å². The van der Waals surface area contributed by atoms with Crippen molar-refractivity contribution >= 4 is 40.4 Å². The highest BCUT2D eigenvalue weighted by atomic mass is 19.4. The highest BCUT2D eigenvalue weighted by Crippen LogP contribution is 2.21. The number of unbranched alkanes of at least 4 members (excludes halogenated alkanes) is 1. The van der Waals surface area contributed by atoms with E-state index in [0.29, 0.717) is 41.6 Å². The average molecular weight is 546 g/mol. The van der Waals surface area contributed by atoms with Crippen LogP contribution in [-0.2, 0) is 25.6 Å². The second-order valence-electron chi connectivity index (χ2n) is 8.26. The zero-order chi connectivity index (χ0) is 29.2. The zero-order valence-electron chi connectivity index (χ0n) is 20.6. The van der Waals surface area contributed by atoms with Crippen LogP contribution < -0.4 is 27.7 Å². The standard InChI is InChI=1S/C21H28N4O6.C2HF3O2/c1-11-14-7-6-13(23)9-17(14)31-21(30)15(11)10-18(26)24-8-4-3-5-16(20(28)29)25-19(27)12(2)22;3-2(4,5)1(6)7/h6-7,9,12,16H,3-5,8,10,22-23H2,1-2H3,(H,24,26)(H,25,27)(H,28,29);(H,6,7)/t12-,16+;/m1./s1. The summed E-state index contributed by atoms with van der Waals surface area (Å²) in [7, 11) is 0. The summed E-state index contributed by atoms with van der Waals surface area (Å²) in [5.41, 5.74) is 12.3. The molecule has 1 aromatic carbocycles. The van der Waals surface area contributed by atoms with Crippen molar-refractivity contribution in [2.75, 3.05) is 12.3 Å². The van der Waals surface area contributed by atoms with Gasteiger partial charge >= 0.3 is 23.7 Å². The molecule has 210 valence electrons. The first-order valence-electron chi connectivity index (χ1n) is 11.2. The van der Waals surface area contributed by atoms with Crippen LogP contribution in [0.15, 0.2) is 27.4 Å². The lowest BCUT2D eigenvalue weighted by atomic mass is 10.0. The summed E-state index contributed by atoms with van der Waals surface area (Å²) < 4.78 is 37.0. The number of fused-ring (bicyclic) bond motifs is 1. The van der Waals surface area contributed by atoms with E-state index in [-0.39, 0.29) is 24.3 Å². The van der Waals surface area contributed by atoms with Crippen molar-refractivity contribution in [2.24, 2.45) is 5.73 Å². The predicted octanol–water partition coefficient (Wildman–Crippen LogP) is 1.06. The molecule has 0 aliphatic rings. The van der Waals surface area contributed by atoms with Gasteiger partial charge in [-0.15, -0.1) is 0 Å². The van der Waals surface area contributed by atoms with Crippen LogP contribution in [0, 0.1) is 6.92 Å². The van der Waals surface area contributed by atoms with Crippen molar-refractivity contribution in [3.63, 3.8) is 0 Å². The van der Waals surface area contributed by atoms with Crippen molar-refractivity contribution in [1.29, 1.82) is 0 Å². The molecule has 8 N–H and O–H groups in total. The van der Waals surface area contributed by atoms with Crippen LogP contribution in [0.5, 0.6) is 0 Å². The first-order chi connectivity index (χ1) is 17.5. The molecule has 0 bridgehead atoms. The Morgan fingerprint density at radius 2 is 1.74 bits per heavy atom. The summed E-state index contributed by atoms with van der Waals surface area (Å²) in [4.78, 5) is 56.2. The highest BCUT2D eigenvalue weighted by Gasteiger charge is 2.38. The number of carboxylic acids is 2. The van der Waals surface area contributed by atoms with Crippen molar-refractivity contribution < 1.29 is 47.0 Å². The van der Waals surface area contributed by atoms with Crippen LogP contribution in [0.2, 0.25) is 0 Å². The third-order valence-electron chi connectivity index (χ3n) is 5.16. The van der Waals surface area contributed by atoms with E-state index in [1.54, 1.807) is 25.1 Å². The van der Waals surface area contributed by atoms with E-state index in [2.05, 4.69) is 10.6 Å².